The van der Waals surface area contributed by atoms with Crippen LogP contribution in [0, 0.1) is 20.8 Å². The molecule has 0 bridgehead atoms. The minimum Gasteiger partial charge on any atom is -0.294 e. The van der Waals surface area contributed by atoms with E-state index in [0.29, 0.717) is 6.42 Å². The zero-order valence-corrected chi connectivity index (χ0v) is 11.2. The smallest absolute Gasteiger partial charge is 0.167 e. The highest BCUT2D eigenvalue weighted by molar-refractivity contribution is 5.98. The van der Waals surface area contributed by atoms with Crippen LogP contribution in [0.3, 0.4) is 0 Å². The van der Waals surface area contributed by atoms with Gasteiger partial charge in [-0.15, -0.1) is 0 Å². The number of rotatable bonds is 3. The fourth-order valence-corrected chi connectivity index (χ4v) is 2.23. The van der Waals surface area contributed by atoms with E-state index in [4.69, 9.17) is 0 Å². The lowest BCUT2D eigenvalue weighted by Gasteiger charge is -2.06. The van der Waals surface area contributed by atoms with E-state index in [1.165, 1.54) is 11.1 Å². The number of carbonyl (C=O) groups is 1. The molecule has 1 heteroatoms. The molecule has 0 spiro atoms. The van der Waals surface area contributed by atoms with Gasteiger partial charge in [-0.2, -0.15) is 0 Å². The number of Topliss-reactive ketones (excluding diaryl/α,β-unsaturated/α-hetero) is 1. The van der Waals surface area contributed by atoms with Crippen molar-refractivity contribution in [2.45, 2.75) is 27.2 Å². The summed E-state index contributed by atoms with van der Waals surface area (Å²) < 4.78 is 0. The van der Waals surface area contributed by atoms with Gasteiger partial charge < -0.3 is 0 Å². The fourth-order valence-electron chi connectivity index (χ4n) is 2.23. The van der Waals surface area contributed by atoms with Crippen LogP contribution < -0.4 is 0 Å². The van der Waals surface area contributed by atoms with Gasteiger partial charge in [-0.25, -0.2) is 0 Å². The van der Waals surface area contributed by atoms with E-state index in [0.717, 1.165) is 16.7 Å². The predicted octanol–water partition coefficient (Wildman–Crippen LogP) is 4.04. The molecule has 0 unspecified atom stereocenters. The third kappa shape index (κ3) is 2.86. The topological polar surface area (TPSA) is 17.1 Å². The van der Waals surface area contributed by atoms with Crippen LogP contribution in [0.4, 0.5) is 0 Å². The second-order valence-corrected chi connectivity index (χ2v) is 4.91. The van der Waals surface area contributed by atoms with Crippen molar-refractivity contribution in [2.24, 2.45) is 0 Å². The van der Waals surface area contributed by atoms with Crippen LogP contribution in [0.1, 0.15) is 32.6 Å². The minimum absolute atomic E-state index is 0.193. The maximum absolute atomic E-state index is 12.3. The average molecular weight is 238 g/mol. The van der Waals surface area contributed by atoms with Crippen molar-refractivity contribution < 1.29 is 4.79 Å². The van der Waals surface area contributed by atoms with Crippen molar-refractivity contribution in [2.75, 3.05) is 0 Å². The van der Waals surface area contributed by atoms with Crippen LogP contribution >= 0.6 is 0 Å². The standard InChI is InChI=1S/C17H18O/c1-12-5-4-6-15(10-12)11-17(18)16-8-7-13(2)9-14(16)3/h4-10H,11H2,1-3H3. The first-order valence-corrected chi connectivity index (χ1v) is 6.22. The molecular weight excluding hydrogens is 220 g/mol. The molecule has 0 saturated heterocycles. The molecule has 2 aromatic carbocycles. The Hall–Kier alpha value is -1.89. The van der Waals surface area contributed by atoms with Gasteiger partial charge >= 0.3 is 0 Å². The molecule has 0 atom stereocenters. The summed E-state index contributed by atoms with van der Waals surface area (Å²) in [7, 11) is 0. The quantitative estimate of drug-likeness (QED) is 0.738. The molecule has 0 fully saturated rings. The van der Waals surface area contributed by atoms with Crippen molar-refractivity contribution in [1.29, 1.82) is 0 Å². The van der Waals surface area contributed by atoms with E-state index < -0.39 is 0 Å². The van der Waals surface area contributed by atoms with Crippen LogP contribution in [0.5, 0.6) is 0 Å². The Balaban J connectivity index is 2.22. The molecule has 2 rings (SSSR count). The predicted molar refractivity (Wildman–Crippen MR) is 75.1 cm³/mol. The van der Waals surface area contributed by atoms with Crippen LogP contribution in [-0.2, 0) is 6.42 Å². The van der Waals surface area contributed by atoms with E-state index in [9.17, 15) is 4.79 Å². The zero-order valence-electron chi connectivity index (χ0n) is 11.2. The van der Waals surface area contributed by atoms with Crippen LogP contribution in [-0.4, -0.2) is 5.78 Å². The van der Waals surface area contributed by atoms with Gasteiger partial charge in [0.1, 0.15) is 0 Å². The molecule has 0 saturated carbocycles. The largest absolute Gasteiger partial charge is 0.294 e. The summed E-state index contributed by atoms with van der Waals surface area (Å²) in [4.78, 5) is 12.3. The molecule has 0 aromatic heterocycles. The van der Waals surface area contributed by atoms with Gasteiger partial charge in [0.2, 0.25) is 0 Å². The molecule has 2 aromatic rings. The monoisotopic (exact) mass is 238 g/mol. The molecule has 92 valence electrons. The first-order chi connectivity index (χ1) is 8.56. The van der Waals surface area contributed by atoms with Gasteiger partial charge in [-0.05, 0) is 31.9 Å². The van der Waals surface area contributed by atoms with E-state index in [-0.39, 0.29) is 5.78 Å². The number of carbonyl (C=O) groups excluding carboxylic acids is 1. The molecule has 0 aliphatic rings. The summed E-state index contributed by atoms with van der Waals surface area (Å²) in [6.07, 6.45) is 0.478. The Morgan fingerprint density at radius 3 is 2.33 bits per heavy atom. The van der Waals surface area contributed by atoms with Gasteiger partial charge in [-0.1, -0.05) is 53.6 Å². The highest BCUT2D eigenvalue weighted by Gasteiger charge is 2.09. The Bertz CT molecular complexity index is 582. The molecular formula is C17H18O. The van der Waals surface area contributed by atoms with E-state index in [2.05, 4.69) is 12.1 Å². The lowest BCUT2D eigenvalue weighted by atomic mass is 9.97. The van der Waals surface area contributed by atoms with Gasteiger partial charge in [0.05, 0.1) is 0 Å². The van der Waals surface area contributed by atoms with Gasteiger partial charge in [0.15, 0.2) is 5.78 Å². The number of benzene rings is 2. The van der Waals surface area contributed by atoms with E-state index in [1.54, 1.807) is 0 Å². The second kappa shape index (κ2) is 5.18. The Kier molecular flexibility index (Phi) is 3.61. The number of aryl methyl sites for hydroxylation is 3. The van der Waals surface area contributed by atoms with Gasteiger partial charge in [-0.3, -0.25) is 4.79 Å². The Morgan fingerprint density at radius 1 is 0.944 bits per heavy atom. The molecule has 0 N–H and O–H groups in total. The molecule has 0 amide bonds. The van der Waals surface area contributed by atoms with Gasteiger partial charge in [0.25, 0.3) is 0 Å². The van der Waals surface area contributed by atoms with Gasteiger partial charge in [0, 0.05) is 12.0 Å². The molecule has 0 aliphatic carbocycles. The third-order valence-corrected chi connectivity index (χ3v) is 3.13. The zero-order chi connectivity index (χ0) is 13.1. The maximum Gasteiger partial charge on any atom is 0.167 e. The van der Waals surface area contributed by atoms with Crippen LogP contribution in [0.2, 0.25) is 0 Å². The van der Waals surface area contributed by atoms with E-state index >= 15 is 0 Å². The Morgan fingerprint density at radius 2 is 1.67 bits per heavy atom. The maximum atomic E-state index is 12.3. The summed E-state index contributed by atoms with van der Waals surface area (Å²) >= 11 is 0. The number of ketones is 1. The normalized spacial score (nSPS) is 10.4. The lowest BCUT2D eigenvalue weighted by Crippen LogP contribution is -2.06. The summed E-state index contributed by atoms with van der Waals surface area (Å²) in [5.41, 5.74) is 5.37. The Labute approximate surface area is 108 Å². The van der Waals surface area contributed by atoms with Crippen molar-refractivity contribution >= 4 is 5.78 Å². The number of hydrogen-bond donors (Lipinski definition) is 0. The molecule has 1 nitrogen and oxygen atoms in total. The average Bonchev–Trinajstić information content (AvgIpc) is 2.28. The van der Waals surface area contributed by atoms with Crippen molar-refractivity contribution in [3.05, 3.63) is 70.3 Å². The highest BCUT2D eigenvalue weighted by atomic mass is 16.1. The van der Waals surface area contributed by atoms with Crippen molar-refractivity contribution in [3.63, 3.8) is 0 Å². The molecule has 18 heavy (non-hydrogen) atoms. The van der Waals surface area contributed by atoms with E-state index in [1.807, 2.05) is 51.1 Å². The van der Waals surface area contributed by atoms with Crippen LogP contribution in [0.15, 0.2) is 42.5 Å². The summed E-state index contributed by atoms with van der Waals surface area (Å²) in [6.45, 7) is 6.09. The molecule has 0 aliphatic heterocycles. The number of hydrogen-bond acceptors (Lipinski definition) is 1. The second-order valence-electron chi connectivity index (χ2n) is 4.91. The lowest BCUT2D eigenvalue weighted by molar-refractivity contribution is 0.0992. The first-order valence-electron chi connectivity index (χ1n) is 6.22. The third-order valence-electron chi connectivity index (χ3n) is 3.13. The highest BCUT2D eigenvalue weighted by Crippen LogP contribution is 2.14. The van der Waals surface area contributed by atoms with Crippen molar-refractivity contribution in [3.8, 4) is 0 Å². The molecule has 0 heterocycles. The fraction of sp³-hybridized carbons (Fsp3) is 0.235. The SMILES string of the molecule is Cc1cccc(CC(=O)c2ccc(C)cc2C)c1. The summed E-state index contributed by atoms with van der Waals surface area (Å²) in [5, 5.41) is 0. The van der Waals surface area contributed by atoms with Crippen LogP contribution in [0.25, 0.3) is 0 Å². The molecule has 0 radical (unpaired) electrons. The minimum atomic E-state index is 0.193. The van der Waals surface area contributed by atoms with Crippen molar-refractivity contribution in [1.82, 2.24) is 0 Å². The summed E-state index contributed by atoms with van der Waals surface area (Å²) in [5.74, 6) is 0.193. The first kappa shape index (κ1) is 12.6. The summed E-state index contributed by atoms with van der Waals surface area (Å²) in [6, 6.07) is 14.1.